The Balaban J connectivity index is 1.27. The van der Waals surface area contributed by atoms with Gasteiger partial charge in [0, 0.05) is 19.0 Å². The molecular weight excluding hydrogens is 395 g/mol. The summed E-state index contributed by atoms with van der Waals surface area (Å²) in [6, 6.07) is 8.34. The molecule has 2 atom stereocenters. The number of nitrogens with one attached hydrogen (secondary N) is 2. The minimum atomic E-state index is -0.264. The first kappa shape index (κ1) is 22.0. The lowest BCUT2D eigenvalue weighted by Gasteiger charge is -2.31. The van der Waals surface area contributed by atoms with Crippen LogP contribution >= 0.6 is 0 Å². The third kappa shape index (κ3) is 6.61. The van der Waals surface area contributed by atoms with Gasteiger partial charge < -0.3 is 15.2 Å². The molecule has 2 aliphatic rings. The fraction of sp³-hybridized carbons (Fsp3) is 0.583. The molecule has 4 rings (SSSR count). The zero-order valence-electron chi connectivity index (χ0n) is 18.1. The molecule has 31 heavy (non-hydrogen) atoms. The zero-order valence-corrected chi connectivity index (χ0v) is 18.1. The van der Waals surface area contributed by atoms with Crippen molar-refractivity contribution in [2.45, 2.75) is 51.6 Å². The van der Waals surface area contributed by atoms with Crippen LogP contribution in [0.5, 0.6) is 0 Å². The van der Waals surface area contributed by atoms with Crippen molar-refractivity contribution in [3.05, 3.63) is 53.2 Å². The van der Waals surface area contributed by atoms with Crippen molar-refractivity contribution in [2.75, 3.05) is 26.2 Å². The highest BCUT2D eigenvalue weighted by molar-refractivity contribution is 5.76. The maximum atomic E-state index is 13.0. The van der Waals surface area contributed by atoms with E-state index in [1.807, 2.05) is 0 Å². The van der Waals surface area contributed by atoms with Crippen molar-refractivity contribution in [2.24, 2.45) is 11.8 Å². The molecule has 2 unspecified atom stereocenters. The SMILES string of the molecule is O=C(CC1CCNCC1Cc1cc(CN2CCCCC2)on1)NCc1ccc(F)cc1. The van der Waals surface area contributed by atoms with Crippen LogP contribution in [0.4, 0.5) is 4.39 Å². The standard InChI is InChI=1S/C24H33FN4O2/c25-21-6-4-18(5-7-21)15-27-24(30)13-19-8-9-26-16-20(19)12-22-14-23(31-28-22)17-29-10-2-1-3-11-29/h4-7,14,19-20,26H,1-3,8-13,15-17H2,(H,27,30). The van der Waals surface area contributed by atoms with Gasteiger partial charge in [-0.15, -0.1) is 0 Å². The maximum absolute atomic E-state index is 13.0. The lowest BCUT2D eigenvalue weighted by Crippen LogP contribution is -2.40. The van der Waals surface area contributed by atoms with E-state index in [0.717, 1.165) is 62.6 Å². The summed E-state index contributed by atoms with van der Waals surface area (Å²) < 4.78 is 18.6. The van der Waals surface area contributed by atoms with Crippen molar-refractivity contribution < 1.29 is 13.7 Å². The molecule has 0 spiro atoms. The molecular formula is C24H33FN4O2. The van der Waals surface area contributed by atoms with Gasteiger partial charge in [0.1, 0.15) is 5.82 Å². The Kier molecular flexibility index (Phi) is 7.70. The maximum Gasteiger partial charge on any atom is 0.220 e. The largest absolute Gasteiger partial charge is 0.360 e. The average Bonchev–Trinajstić information content (AvgIpc) is 3.22. The van der Waals surface area contributed by atoms with E-state index in [9.17, 15) is 9.18 Å². The van der Waals surface area contributed by atoms with Gasteiger partial charge in [-0.25, -0.2) is 4.39 Å². The topological polar surface area (TPSA) is 70.4 Å². The molecule has 2 saturated heterocycles. The monoisotopic (exact) mass is 428 g/mol. The second-order valence-corrected chi connectivity index (χ2v) is 8.95. The third-order valence-corrected chi connectivity index (χ3v) is 6.52. The molecule has 0 saturated carbocycles. The normalized spacial score (nSPS) is 22.4. The number of carbonyl (C=O) groups is 1. The van der Waals surface area contributed by atoms with Crippen molar-refractivity contribution >= 4 is 5.91 Å². The molecule has 0 aliphatic carbocycles. The number of hydrogen-bond acceptors (Lipinski definition) is 5. The van der Waals surface area contributed by atoms with Crippen molar-refractivity contribution in [3.8, 4) is 0 Å². The summed E-state index contributed by atoms with van der Waals surface area (Å²) in [5.74, 6) is 1.40. The number of benzene rings is 1. The first-order chi connectivity index (χ1) is 15.2. The van der Waals surface area contributed by atoms with Crippen LogP contribution < -0.4 is 10.6 Å². The van der Waals surface area contributed by atoms with Crippen LogP contribution in [0.25, 0.3) is 0 Å². The molecule has 7 heteroatoms. The number of amides is 1. The van der Waals surface area contributed by atoms with Crippen LogP contribution in [0.2, 0.25) is 0 Å². The van der Waals surface area contributed by atoms with Gasteiger partial charge in [-0.05, 0) is 81.4 Å². The second kappa shape index (κ2) is 10.9. The van der Waals surface area contributed by atoms with E-state index in [2.05, 4.69) is 26.8 Å². The number of aromatic nitrogens is 1. The van der Waals surface area contributed by atoms with Gasteiger partial charge in [0.25, 0.3) is 0 Å². The second-order valence-electron chi connectivity index (χ2n) is 8.95. The van der Waals surface area contributed by atoms with E-state index in [1.165, 1.54) is 31.4 Å². The van der Waals surface area contributed by atoms with E-state index in [4.69, 9.17) is 4.52 Å². The van der Waals surface area contributed by atoms with E-state index in [1.54, 1.807) is 12.1 Å². The molecule has 3 heterocycles. The highest BCUT2D eigenvalue weighted by Crippen LogP contribution is 2.26. The first-order valence-corrected chi connectivity index (χ1v) is 11.5. The summed E-state index contributed by atoms with van der Waals surface area (Å²) >= 11 is 0. The van der Waals surface area contributed by atoms with Gasteiger partial charge in [0.15, 0.2) is 5.76 Å². The number of hydrogen-bond donors (Lipinski definition) is 2. The Bertz CT molecular complexity index is 832. The van der Waals surface area contributed by atoms with E-state index in [-0.39, 0.29) is 11.7 Å². The summed E-state index contributed by atoms with van der Waals surface area (Å²) in [5.41, 5.74) is 1.89. The number of piperidine rings is 2. The molecule has 0 bridgehead atoms. The molecule has 2 aliphatic heterocycles. The van der Waals surface area contributed by atoms with Crippen LogP contribution in [-0.2, 0) is 24.3 Å². The van der Waals surface area contributed by atoms with Gasteiger partial charge >= 0.3 is 0 Å². The van der Waals surface area contributed by atoms with Crippen LogP contribution in [0, 0.1) is 17.7 Å². The number of likely N-dealkylation sites (tertiary alicyclic amines) is 1. The Morgan fingerprint density at radius 1 is 1.19 bits per heavy atom. The number of carbonyl (C=O) groups excluding carboxylic acids is 1. The fourth-order valence-electron chi connectivity index (χ4n) is 4.73. The summed E-state index contributed by atoms with van der Waals surface area (Å²) in [6.07, 6.45) is 6.16. The Hall–Kier alpha value is -2.25. The van der Waals surface area contributed by atoms with Crippen LogP contribution in [0.3, 0.4) is 0 Å². The van der Waals surface area contributed by atoms with Gasteiger partial charge in [-0.2, -0.15) is 0 Å². The lowest BCUT2D eigenvalue weighted by molar-refractivity contribution is -0.122. The minimum absolute atomic E-state index is 0.0483. The van der Waals surface area contributed by atoms with E-state index < -0.39 is 0 Å². The Labute approximate surface area is 183 Å². The smallest absolute Gasteiger partial charge is 0.220 e. The fourth-order valence-corrected chi connectivity index (χ4v) is 4.73. The predicted molar refractivity (Wildman–Crippen MR) is 117 cm³/mol. The van der Waals surface area contributed by atoms with E-state index in [0.29, 0.717) is 24.8 Å². The van der Waals surface area contributed by atoms with Gasteiger partial charge in [0.05, 0.1) is 12.2 Å². The number of rotatable bonds is 8. The van der Waals surface area contributed by atoms with Crippen molar-refractivity contribution in [1.29, 1.82) is 0 Å². The third-order valence-electron chi connectivity index (χ3n) is 6.52. The van der Waals surface area contributed by atoms with Crippen LogP contribution in [0.1, 0.15) is 49.1 Å². The molecule has 1 amide bonds. The highest BCUT2D eigenvalue weighted by Gasteiger charge is 2.28. The average molecular weight is 429 g/mol. The highest BCUT2D eigenvalue weighted by atomic mass is 19.1. The molecule has 2 N–H and O–H groups in total. The molecule has 1 aromatic carbocycles. The number of nitrogens with zero attached hydrogens (tertiary/aromatic N) is 2. The van der Waals surface area contributed by atoms with E-state index >= 15 is 0 Å². The Morgan fingerprint density at radius 2 is 2.00 bits per heavy atom. The zero-order chi connectivity index (χ0) is 21.5. The lowest BCUT2D eigenvalue weighted by atomic mass is 9.81. The summed E-state index contributed by atoms with van der Waals surface area (Å²) in [5, 5.41) is 10.8. The van der Waals surface area contributed by atoms with Gasteiger partial charge in [0.2, 0.25) is 5.91 Å². The van der Waals surface area contributed by atoms with Gasteiger partial charge in [-0.1, -0.05) is 23.7 Å². The molecule has 6 nitrogen and oxygen atoms in total. The summed E-state index contributed by atoms with van der Waals surface area (Å²) in [7, 11) is 0. The first-order valence-electron chi connectivity index (χ1n) is 11.5. The minimum Gasteiger partial charge on any atom is -0.360 e. The van der Waals surface area contributed by atoms with Crippen molar-refractivity contribution in [1.82, 2.24) is 20.7 Å². The quantitative estimate of drug-likeness (QED) is 0.675. The molecule has 2 fully saturated rings. The van der Waals surface area contributed by atoms with Gasteiger partial charge in [-0.3, -0.25) is 9.69 Å². The number of halogens is 1. The van der Waals surface area contributed by atoms with Crippen LogP contribution in [-0.4, -0.2) is 42.1 Å². The predicted octanol–water partition coefficient (Wildman–Crippen LogP) is 3.27. The Morgan fingerprint density at radius 3 is 2.81 bits per heavy atom. The summed E-state index contributed by atoms with van der Waals surface area (Å²) in [4.78, 5) is 15.0. The molecule has 168 valence electrons. The molecule has 0 radical (unpaired) electrons. The van der Waals surface area contributed by atoms with Crippen molar-refractivity contribution in [3.63, 3.8) is 0 Å². The molecule has 1 aromatic heterocycles. The molecule has 2 aromatic rings. The van der Waals surface area contributed by atoms with Crippen LogP contribution in [0.15, 0.2) is 34.9 Å². The summed E-state index contributed by atoms with van der Waals surface area (Å²) in [6.45, 7) is 5.37.